The van der Waals surface area contributed by atoms with Crippen LogP contribution in [-0.2, 0) is 20.9 Å². The average Bonchev–Trinajstić information content (AvgIpc) is 2.98. The van der Waals surface area contributed by atoms with E-state index in [2.05, 4.69) is 5.32 Å². The Labute approximate surface area is 243 Å². The highest BCUT2D eigenvalue weighted by atomic mass is 16.5. The molecule has 0 aromatic heterocycles. The van der Waals surface area contributed by atoms with E-state index in [4.69, 9.17) is 5.21 Å². The molecule has 3 N–H and O–H groups in total. The van der Waals surface area contributed by atoms with Crippen LogP contribution in [0.2, 0.25) is 0 Å². The predicted octanol–water partition coefficient (Wildman–Crippen LogP) is 4.66. The van der Waals surface area contributed by atoms with Crippen LogP contribution in [-0.4, -0.2) is 59.9 Å². The number of hydrogen-bond acceptors (Lipinski definition) is 5. The Balaban J connectivity index is 1.97. The zero-order chi connectivity index (χ0) is 29.8. The first-order valence-electron chi connectivity index (χ1n) is 14.0. The van der Waals surface area contributed by atoms with Crippen molar-refractivity contribution in [1.29, 1.82) is 0 Å². The Kier molecular flexibility index (Phi) is 12.1. The fourth-order valence-electron chi connectivity index (χ4n) is 4.74. The van der Waals surface area contributed by atoms with Gasteiger partial charge in [0.2, 0.25) is 17.7 Å². The van der Waals surface area contributed by atoms with Crippen LogP contribution in [0, 0.1) is 11.8 Å². The molecule has 0 aliphatic carbocycles. The van der Waals surface area contributed by atoms with Gasteiger partial charge in [0, 0.05) is 32.0 Å². The van der Waals surface area contributed by atoms with Gasteiger partial charge >= 0.3 is 0 Å². The lowest BCUT2D eigenvalue weighted by Gasteiger charge is -2.30. The number of amides is 3. The van der Waals surface area contributed by atoms with Crippen molar-refractivity contribution in [2.24, 2.45) is 11.8 Å². The monoisotopic (exact) mass is 558 g/mol. The second kappa shape index (κ2) is 15.7. The molecule has 0 bridgehead atoms. The summed E-state index contributed by atoms with van der Waals surface area (Å²) in [5.74, 6) is -1.85. The van der Waals surface area contributed by atoms with Crippen LogP contribution < -0.4 is 10.8 Å². The molecule has 0 saturated heterocycles. The van der Waals surface area contributed by atoms with Crippen molar-refractivity contribution >= 4 is 17.7 Å². The van der Waals surface area contributed by atoms with E-state index in [-0.39, 0.29) is 18.2 Å². The van der Waals surface area contributed by atoms with Crippen LogP contribution in [0.3, 0.4) is 0 Å². The summed E-state index contributed by atoms with van der Waals surface area (Å²) >= 11 is 0. The van der Waals surface area contributed by atoms with E-state index in [0.717, 1.165) is 16.7 Å². The van der Waals surface area contributed by atoms with Gasteiger partial charge in [0.15, 0.2) is 0 Å². The maximum atomic E-state index is 14.2. The molecule has 3 aromatic carbocycles. The van der Waals surface area contributed by atoms with Crippen LogP contribution in [0.1, 0.15) is 43.9 Å². The molecule has 0 unspecified atom stereocenters. The molecule has 0 radical (unpaired) electrons. The van der Waals surface area contributed by atoms with Crippen molar-refractivity contribution in [3.8, 4) is 11.1 Å². The van der Waals surface area contributed by atoms with E-state index < -0.39 is 23.8 Å². The highest BCUT2D eigenvalue weighted by molar-refractivity contribution is 5.91. The highest BCUT2D eigenvalue weighted by Crippen LogP contribution is 2.25. The molecular weight excluding hydrogens is 516 g/mol. The van der Waals surface area contributed by atoms with Crippen molar-refractivity contribution < 1.29 is 19.6 Å². The van der Waals surface area contributed by atoms with E-state index in [1.165, 1.54) is 0 Å². The number of nitrogens with zero attached hydrogens (tertiary/aromatic N) is 2. The number of likely N-dealkylation sites (N-methyl/N-ethyl adjacent to an activating group) is 1. The van der Waals surface area contributed by atoms with Crippen LogP contribution in [0.4, 0.5) is 0 Å². The Hall–Kier alpha value is -4.01. The van der Waals surface area contributed by atoms with Crippen molar-refractivity contribution in [2.45, 2.75) is 39.3 Å². The highest BCUT2D eigenvalue weighted by Gasteiger charge is 2.31. The Morgan fingerprint density at radius 1 is 0.805 bits per heavy atom. The first-order chi connectivity index (χ1) is 19.7. The van der Waals surface area contributed by atoms with Gasteiger partial charge in [-0.15, -0.1) is 0 Å². The number of benzene rings is 3. The molecule has 0 aliphatic heterocycles. The molecule has 0 aliphatic rings. The smallest absolute Gasteiger partial charge is 0.250 e. The SMILES string of the molecule is CC(C)C[C@H](CC(=O)NO)C(=O)N[C@@H](C(=O)N(CCN(C)C)Cc1ccccc1)c1ccc(-c2ccccc2)cc1. The van der Waals surface area contributed by atoms with Gasteiger partial charge in [0.25, 0.3) is 0 Å². The normalized spacial score (nSPS) is 12.6. The van der Waals surface area contributed by atoms with Gasteiger partial charge in [0.05, 0.1) is 0 Å². The average molecular weight is 559 g/mol. The lowest BCUT2D eigenvalue weighted by Crippen LogP contribution is -2.46. The van der Waals surface area contributed by atoms with Gasteiger partial charge in [-0.05, 0) is 48.7 Å². The predicted molar refractivity (Wildman–Crippen MR) is 161 cm³/mol. The first-order valence-corrected chi connectivity index (χ1v) is 14.0. The van der Waals surface area contributed by atoms with E-state index >= 15 is 0 Å². The van der Waals surface area contributed by atoms with Crippen LogP contribution in [0.15, 0.2) is 84.9 Å². The standard InChI is InChI=1S/C33H42N4O4/c1-24(2)21-29(22-30(38)35-41)32(39)34-31(28-17-15-27(16-18-28)26-13-9-6-10-14-26)33(40)37(20-19-36(3)4)23-25-11-7-5-8-12-25/h5-18,24,29,31,41H,19-23H2,1-4H3,(H,34,39)(H,35,38)/t29-,31-/m1/s1. The molecule has 218 valence electrons. The molecule has 0 heterocycles. The zero-order valence-corrected chi connectivity index (χ0v) is 24.4. The van der Waals surface area contributed by atoms with Gasteiger partial charge in [0.1, 0.15) is 6.04 Å². The number of carbonyl (C=O) groups is 3. The van der Waals surface area contributed by atoms with Crippen LogP contribution in [0.5, 0.6) is 0 Å². The summed E-state index contributed by atoms with van der Waals surface area (Å²) < 4.78 is 0. The fraction of sp³-hybridized carbons (Fsp3) is 0.364. The summed E-state index contributed by atoms with van der Waals surface area (Å²) in [6.07, 6.45) is 0.254. The van der Waals surface area contributed by atoms with Crippen molar-refractivity contribution in [2.75, 3.05) is 27.2 Å². The van der Waals surface area contributed by atoms with E-state index in [0.29, 0.717) is 31.6 Å². The molecule has 41 heavy (non-hydrogen) atoms. The van der Waals surface area contributed by atoms with Crippen molar-refractivity contribution in [3.63, 3.8) is 0 Å². The summed E-state index contributed by atoms with van der Waals surface area (Å²) in [7, 11) is 3.91. The van der Waals surface area contributed by atoms with Gasteiger partial charge in [-0.1, -0.05) is 98.8 Å². The Morgan fingerprint density at radius 2 is 1.39 bits per heavy atom. The summed E-state index contributed by atoms with van der Waals surface area (Å²) in [4.78, 5) is 43.6. The number of nitrogens with one attached hydrogen (secondary N) is 2. The summed E-state index contributed by atoms with van der Waals surface area (Å²) in [6, 6.07) is 26.4. The summed E-state index contributed by atoms with van der Waals surface area (Å²) in [5.41, 5.74) is 5.32. The largest absolute Gasteiger partial charge is 0.340 e. The molecule has 3 amide bonds. The topological polar surface area (TPSA) is 102 Å². The third-order valence-electron chi connectivity index (χ3n) is 6.91. The maximum Gasteiger partial charge on any atom is 0.250 e. The lowest BCUT2D eigenvalue weighted by molar-refractivity contribution is -0.139. The number of carbonyl (C=O) groups excluding carboxylic acids is 3. The van der Waals surface area contributed by atoms with E-state index in [9.17, 15) is 14.4 Å². The number of hydroxylamine groups is 1. The summed E-state index contributed by atoms with van der Waals surface area (Å²) in [6.45, 7) is 5.44. The minimum atomic E-state index is -0.954. The molecule has 3 rings (SSSR count). The number of hydrogen-bond donors (Lipinski definition) is 3. The molecule has 2 atom stereocenters. The fourth-order valence-corrected chi connectivity index (χ4v) is 4.74. The van der Waals surface area contributed by atoms with Crippen molar-refractivity contribution in [3.05, 3.63) is 96.1 Å². The Bertz CT molecular complexity index is 1250. The summed E-state index contributed by atoms with van der Waals surface area (Å²) in [5, 5.41) is 12.1. The lowest BCUT2D eigenvalue weighted by atomic mass is 9.92. The van der Waals surface area contributed by atoms with Gasteiger partial charge < -0.3 is 15.1 Å². The van der Waals surface area contributed by atoms with Crippen molar-refractivity contribution in [1.82, 2.24) is 20.6 Å². The van der Waals surface area contributed by atoms with Gasteiger partial charge in [-0.25, -0.2) is 5.48 Å². The molecule has 3 aromatic rings. The van der Waals surface area contributed by atoms with E-state index in [1.807, 2.05) is 118 Å². The number of rotatable bonds is 14. The van der Waals surface area contributed by atoms with Crippen LogP contribution >= 0.6 is 0 Å². The maximum absolute atomic E-state index is 14.2. The molecule has 8 heteroatoms. The molecule has 0 saturated carbocycles. The quantitative estimate of drug-likeness (QED) is 0.197. The minimum absolute atomic E-state index is 0.131. The third-order valence-corrected chi connectivity index (χ3v) is 6.91. The molecular formula is C33H42N4O4. The van der Waals surface area contributed by atoms with Gasteiger partial charge in [-0.2, -0.15) is 0 Å². The first kappa shape index (κ1) is 31.5. The minimum Gasteiger partial charge on any atom is -0.340 e. The zero-order valence-electron chi connectivity index (χ0n) is 24.4. The molecule has 0 fully saturated rings. The second-order valence-corrected chi connectivity index (χ2v) is 11.0. The molecule has 0 spiro atoms. The Morgan fingerprint density at radius 3 is 1.95 bits per heavy atom. The van der Waals surface area contributed by atoms with Crippen LogP contribution in [0.25, 0.3) is 11.1 Å². The van der Waals surface area contributed by atoms with Gasteiger partial charge in [-0.3, -0.25) is 19.6 Å². The van der Waals surface area contributed by atoms with E-state index in [1.54, 1.807) is 10.4 Å². The third kappa shape index (κ3) is 9.84. The second-order valence-electron chi connectivity index (χ2n) is 11.0. The molecule has 8 nitrogen and oxygen atoms in total.